The predicted molar refractivity (Wildman–Crippen MR) is 82.9 cm³/mol. The van der Waals surface area contributed by atoms with Crippen LogP contribution in [0.15, 0.2) is 24.3 Å². The van der Waals surface area contributed by atoms with Gasteiger partial charge in [0.15, 0.2) is 0 Å². The quantitative estimate of drug-likeness (QED) is 0.881. The van der Waals surface area contributed by atoms with Crippen molar-refractivity contribution in [3.8, 4) is 0 Å². The van der Waals surface area contributed by atoms with Crippen molar-refractivity contribution in [2.24, 2.45) is 5.92 Å². The second-order valence-corrected chi connectivity index (χ2v) is 6.37. The minimum absolute atomic E-state index is 0.608. The van der Waals surface area contributed by atoms with Crippen molar-refractivity contribution in [3.63, 3.8) is 0 Å². The van der Waals surface area contributed by atoms with E-state index in [2.05, 4.69) is 42.5 Å². The lowest BCUT2D eigenvalue weighted by atomic mass is 9.98. The topological polar surface area (TPSA) is 46.0 Å². The molecule has 2 rings (SSSR count). The average Bonchev–Trinajstić information content (AvgIpc) is 2.86. The zero-order valence-electron chi connectivity index (χ0n) is 12.3. The van der Waals surface area contributed by atoms with Crippen LogP contribution in [0.4, 0.5) is 0 Å². The molecule has 0 aliphatic carbocycles. The Balaban J connectivity index is 2.23. The minimum Gasteiger partial charge on any atom is -0.383 e. The lowest BCUT2D eigenvalue weighted by molar-refractivity contribution is 0.222. The van der Waals surface area contributed by atoms with Crippen LogP contribution in [0.5, 0.6) is 0 Å². The van der Waals surface area contributed by atoms with E-state index in [9.17, 15) is 5.11 Å². The standard InChI is InChI=1S/C16H22N2OS/c1-4-6-14-16(20-18-17-14)15(19)13-8-5-7-12(10-13)9-11(2)3/h5,7-8,10-11,15,19H,4,6,9H2,1-3H3. The van der Waals surface area contributed by atoms with Crippen LogP contribution >= 0.6 is 11.5 Å². The van der Waals surface area contributed by atoms with Crippen LogP contribution in [0.1, 0.15) is 55.0 Å². The van der Waals surface area contributed by atoms with Crippen molar-refractivity contribution >= 4 is 11.5 Å². The lowest BCUT2D eigenvalue weighted by Crippen LogP contribution is -2.03. The molecule has 3 nitrogen and oxygen atoms in total. The summed E-state index contributed by atoms with van der Waals surface area (Å²) in [5.41, 5.74) is 3.14. The van der Waals surface area contributed by atoms with Gasteiger partial charge in [0.05, 0.1) is 10.6 Å². The van der Waals surface area contributed by atoms with Crippen molar-refractivity contribution in [2.75, 3.05) is 0 Å². The Morgan fingerprint density at radius 1 is 1.30 bits per heavy atom. The van der Waals surface area contributed by atoms with Gasteiger partial charge in [-0.15, -0.1) is 5.10 Å². The summed E-state index contributed by atoms with van der Waals surface area (Å²) in [5.74, 6) is 0.614. The fraction of sp³-hybridized carbons (Fsp3) is 0.500. The Kier molecular flexibility index (Phi) is 5.26. The average molecular weight is 290 g/mol. The summed E-state index contributed by atoms with van der Waals surface area (Å²) in [5, 5.41) is 14.7. The SMILES string of the molecule is CCCc1nnsc1C(O)c1cccc(CC(C)C)c1. The monoisotopic (exact) mass is 290 g/mol. The maximum Gasteiger partial charge on any atom is 0.117 e. The normalized spacial score (nSPS) is 12.8. The molecule has 20 heavy (non-hydrogen) atoms. The van der Waals surface area contributed by atoms with Crippen LogP contribution in [0.3, 0.4) is 0 Å². The molecule has 108 valence electrons. The molecule has 0 saturated heterocycles. The fourth-order valence-corrected chi connectivity index (χ4v) is 3.06. The molecule has 2 aromatic rings. The molecule has 0 amide bonds. The van der Waals surface area contributed by atoms with Crippen LogP contribution in [-0.4, -0.2) is 14.7 Å². The number of nitrogens with zero attached hydrogens (tertiary/aromatic N) is 2. The number of rotatable bonds is 6. The maximum absolute atomic E-state index is 10.6. The third-order valence-corrected chi connectivity index (χ3v) is 4.05. The molecular formula is C16H22N2OS. The molecule has 1 heterocycles. The zero-order chi connectivity index (χ0) is 14.5. The third kappa shape index (κ3) is 3.64. The van der Waals surface area contributed by atoms with Crippen molar-refractivity contribution in [1.82, 2.24) is 9.59 Å². The van der Waals surface area contributed by atoms with Gasteiger partial charge in [-0.05, 0) is 41.4 Å². The summed E-state index contributed by atoms with van der Waals surface area (Å²) in [7, 11) is 0. The highest BCUT2D eigenvalue weighted by molar-refractivity contribution is 7.05. The van der Waals surface area contributed by atoms with Gasteiger partial charge in [-0.2, -0.15) is 0 Å². The van der Waals surface area contributed by atoms with Gasteiger partial charge in [0.1, 0.15) is 6.10 Å². The largest absolute Gasteiger partial charge is 0.383 e. The van der Waals surface area contributed by atoms with Gasteiger partial charge in [-0.1, -0.05) is 55.9 Å². The van der Waals surface area contributed by atoms with E-state index in [4.69, 9.17) is 0 Å². The highest BCUT2D eigenvalue weighted by Crippen LogP contribution is 2.28. The molecule has 0 aliphatic rings. The number of aliphatic hydroxyl groups is 1. The predicted octanol–water partition coefficient (Wildman–Crippen LogP) is 3.77. The van der Waals surface area contributed by atoms with Crippen LogP contribution in [0.2, 0.25) is 0 Å². The number of aliphatic hydroxyl groups excluding tert-OH is 1. The first-order valence-electron chi connectivity index (χ1n) is 7.19. The summed E-state index contributed by atoms with van der Waals surface area (Å²) in [4.78, 5) is 0.883. The lowest BCUT2D eigenvalue weighted by Gasteiger charge is -2.12. The molecule has 1 N–H and O–H groups in total. The summed E-state index contributed by atoms with van der Waals surface area (Å²) in [6.07, 6.45) is 2.31. The second kappa shape index (κ2) is 6.95. The van der Waals surface area contributed by atoms with E-state index < -0.39 is 6.10 Å². The van der Waals surface area contributed by atoms with Gasteiger partial charge in [0, 0.05) is 0 Å². The molecule has 4 heteroatoms. The van der Waals surface area contributed by atoms with Crippen molar-refractivity contribution in [2.45, 2.75) is 46.1 Å². The number of benzene rings is 1. The van der Waals surface area contributed by atoms with Crippen molar-refractivity contribution in [1.29, 1.82) is 0 Å². The Morgan fingerprint density at radius 2 is 2.10 bits per heavy atom. The van der Waals surface area contributed by atoms with E-state index in [1.54, 1.807) is 0 Å². The highest BCUT2D eigenvalue weighted by atomic mass is 32.1. The molecule has 1 unspecified atom stereocenters. The first-order valence-corrected chi connectivity index (χ1v) is 7.97. The minimum atomic E-state index is -0.608. The van der Waals surface area contributed by atoms with Gasteiger partial charge >= 0.3 is 0 Å². The van der Waals surface area contributed by atoms with Gasteiger partial charge < -0.3 is 5.11 Å². The molecule has 0 spiro atoms. The van der Waals surface area contributed by atoms with E-state index in [1.807, 2.05) is 12.1 Å². The fourth-order valence-electron chi connectivity index (χ4n) is 2.35. The molecule has 0 bridgehead atoms. The second-order valence-electron chi connectivity index (χ2n) is 5.58. The smallest absolute Gasteiger partial charge is 0.117 e. The summed E-state index contributed by atoms with van der Waals surface area (Å²) in [6.45, 7) is 6.52. The van der Waals surface area contributed by atoms with Crippen LogP contribution in [0.25, 0.3) is 0 Å². The molecular weight excluding hydrogens is 268 g/mol. The number of aromatic nitrogens is 2. The molecule has 0 radical (unpaired) electrons. The van der Waals surface area contributed by atoms with E-state index in [1.165, 1.54) is 17.1 Å². The summed E-state index contributed by atoms with van der Waals surface area (Å²) in [6, 6.07) is 8.21. The molecule has 1 aromatic heterocycles. The van der Waals surface area contributed by atoms with Crippen LogP contribution < -0.4 is 0 Å². The molecule has 1 aromatic carbocycles. The number of hydrogen-bond donors (Lipinski definition) is 1. The van der Waals surface area contributed by atoms with E-state index in [-0.39, 0.29) is 0 Å². The molecule has 1 atom stereocenters. The van der Waals surface area contributed by atoms with Gasteiger partial charge in [0.25, 0.3) is 0 Å². The Labute approximate surface area is 124 Å². The van der Waals surface area contributed by atoms with E-state index >= 15 is 0 Å². The molecule has 0 aliphatic heterocycles. The first-order chi connectivity index (χ1) is 9.61. The molecule has 0 saturated carbocycles. The van der Waals surface area contributed by atoms with Crippen molar-refractivity contribution < 1.29 is 5.11 Å². The van der Waals surface area contributed by atoms with Crippen LogP contribution in [0, 0.1) is 5.92 Å². The Hall–Kier alpha value is -1.26. The van der Waals surface area contributed by atoms with Crippen molar-refractivity contribution in [3.05, 3.63) is 46.0 Å². The number of hydrogen-bond acceptors (Lipinski definition) is 4. The van der Waals surface area contributed by atoms with Gasteiger partial charge in [-0.25, -0.2) is 0 Å². The molecule has 0 fully saturated rings. The highest BCUT2D eigenvalue weighted by Gasteiger charge is 2.18. The third-order valence-electron chi connectivity index (χ3n) is 3.23. The Morgan fingerprint density at radius 3 is 2.80 bits per heavy atom. The van der Waals surface area contributed by atoms with E-state index in [0.29, 0.717) is 5.92 Å². The zero-order valence-corrected chi connectivity index (χ0v) is 13.2. The van der Waals surface area contributed by atoms with Gasteiger partial charge in [-0.3, -0.25) is 0 Å². The first kappa shape index (κ1) is 15.1. The summed E-state index contributed by atoms with van der Waals surface area (Å²) >= 11 is 1.30. The van der Waals surface area contributed by atoms with Crippen LogP contribution in [-0.2, 0) is 12.8 Å². The van der Waals surface area contributed by atoms with Gasteiger partial charge in [0.2, 0.25) is 0 Å². The van der Waals surface area contributed by atoms with E-state index in [0.717, 1.165) is 35.4 Å². The summed E-state index contributed by atoms with van der Waals surface area (Å²) < 4.78 is 3.99. The number of aryl methyl sites for hydroxylation is 1. The Bertz CT molecular complexity index is 551. The maximum atomic E-state index is 10.6.